The SMILES string of the molecule is COC(=O)/C=C(\C(=O)OC)N(C(C)C)C(C)C. The maximum Gasteiger partial charge on any atom is 0.354 e. The van der Waals surface area contributed by atoms with E-state index in [2.05, 4.69) is 9.47 Å². The molecule has 5 nitrogen and oxygen atoms in total. The van der Waals surface area contributed by atoms with Gasteiger partial charge in [0.1, 0.15) is 5.70 Å². The summed E-state index contributed by atoms with van der Waals surface area (Å²) < 4.78 is 9.22. The van der Waals surface area contributed by atoms with Gasteiger partial charge in [-0.1, -0.05) is 0 Å². The molecule has 0 amide bonds. The second-order valence-electron chi connectivity index (χ2n) is 4.14. The zero-order valence-electron chi connectivity index (χ0n) is 11.3. The number of ether oxygens (including phenoxy) is 2. The van der Waals surface area contributed by atoms with E-state index in [1.807, 2.05) is 32.6 Å². The van der Waals surface area contributed by atoms with E-state index in [1.165, 1.54) is 14.2 Å². The average Bonchev–Trinajstić information content (AvgIpc) is 2.25. The van der Waals surface area contributed by atoms with E-state index < -0.39 is 11.9 Å². The Bertz CT molecular complexity index is 300. The molecule has 0 unspecified atom stereocenters. The molecule has 0 fully saturated rings. The summed E-state index contributed by atoms with van der Waals surface area (Å²) in [4.78, 5) is 24.7. The lowest BCUT2D eigenvalue weighted by Crippen LogP contribution is -2.39. The van der Waals surface area contributed by atoms with Crippen LogP contribution in [0.25, 0.3) is 0 Å². The van der Waals surface area contributed by atoms with Crippen LogP contribution in [0, 0.1) is 0 Å². The predicted octanol–water partition coefficient (Wildman–Crippen LogP) is 1.34. The molecule has 0 aromatic carbocycles. The number of carbonyl (C=O) groups is 2. The van der Waals surface area contributed by atoms with Crippen LogP contribution in [0.15, 0.2) is 11.8 Å². The summed E-state index contributed by atoms with van der Waals surface area (Å²) in [6.45, 7) is 7.75. The molecule has 0 bridgehead atoms. The molecule has 0 aliphatic heterocycles. The summed E-state index contributed by atoms with van der Waals surface area (Å²) >= 11 is 0. The highest BCUT2D eigenvalue weighted by atomic mass is 16.5. The van der Waals surface area contributed by atoms with Crippen molar-refractivity contribution in [2.75, 3.05) is 14.2 Å². The molecule has 98 valence electrons. The third kappa shape index (κ3) is 4.46. The minimum atomic E-state index is -0.572. The predicted molar refractivity (Wildman–Crippen MR) is 64.2 cm³/mol. The normalized spacial score (nSPS) is 11.6. The number of hydrogen-bond acceptors (Lipinski definition) is 5. The first kappa shape index (κ1) is 15.5. The van der Waals surface area contributed by atoms with E-state index >= 15 is 0 Å². The minimum Gasteiger partial charge on any atom is -0.466 e. The first-order chi connectivity index (χ1) is 7.84. The molecule has 0 aliphatic carbocycles. The Morgan fingerprint density at radius 2 is 1.47 bits per heavy atom. The lowest BCUT2D eigenvalue weighted by atomic mass is 10.2. The van der Waals surface area contributed by atoms with Crippen LogP contribution in [0.2, 0.25) is 0 Å². The van der Waals surface area contributed by atoms with E-state index in [0.29, 0.717) is 0 Å². The highest BCUT2D eigenvalue weighted by molar-refractivity contribution is 5.95. The quantitative estimate of drug-likeness (QED) is 0.538. The van der Waals surface area contributed by atoms with Crippen molar-refractivity contribution in [1.82, 2.24) is 4.90 Å². The van der Waals surface area contributed by atoms with Gasteiger partial charge in [-0.15, -0.1) is 0 Å². The Balaban J connectivity index is 5.35. The fraction of sp³-hybridized carbons (Fsp3) is 0.667. The van der Waals surface area contributed by atoms with Gasteiger partial charge < -0.3 is 14.4 Å². The molecule has 0 saturated carbocycles. The van der Waals surface area contributed by atoms with Crippen LogP contribution in [-0.4, -0.2) is 43.1 Å². The fourth-order valence-corrected chi connectivity index (χ4v) is 1.67. The maximum absolute atomic E-state index is 11.7. The first-order valence-electron chi connectivity index (χ1n) is 5.51. The summed E-state index contributed by atoms with van der Waals surface area (Å²) in [5.74, 6) is -1.12. The molecule has 0 N–H and O–H groups in total. The molecule has 0 atom stereocenters. The topological polar surface area (TPSA) is 55.8 Å². The molecule has 0 saturated heterocycles. The molecule has 5 heteroatoms. The second kappa shape index (κ2) is 6.93. The smallest absolute Gasteiger partial charge is 0.354 e. The van der Waals surface area contributed by atoms with Crippen LogP contribution in [0.3, 0.4) is 0 Å². The van der Waals surface area contributed by atoms with Crippen molar-refractivity contribution in [3.8, 4) is 0 Å². The standard InChI is InChI=1S/C12H21NO4/c1-8(2)13(9(3)4)10(12(15)17-6)7-11(14)16-5/h7-9H,1-6H3/b10-7+. The minimum absolute atomic E-state index is 0.0741. The molecule has 0 radical (unpaired) electrons. The number of rotatable bonds is 5. The van der Waals surface area contributed by atoms with E-state index in [-0.39, 0.29) is 17.8 Å². The Morgan fingerprint density at radius 3 is 1.76 bits per heavy atom. The van der Waals surface area contributed by atoms with Crippen LogP contribution in [0.4, 0.5) is 0 Å². The van der Waals surface area contributed by atoms with E-state index in [1.54, 1.807) is 0 Å². The van der Waals surface area contributed by atoms with Gasteiger partial charge in [-0.25, -0.2) is 9.59 Å². The molecule has 0 spiro atoms. The Morgan fingerprint density at radius 1 is 1.00 bits per heavy atom. The van der Waals surface area contributed by atoms with E-state index in [4.69, 9.17) is 0 Å². The van der Waals surface area contributed by atoms with Crippen molar-refractivity contribution in [3.05, 3.63) is 11.8 Å². The number of methoxy groups -OCH3 is 2. The second-order valence-corrected chi connectivity index (χ2v) is 4.14. The third-order valence-corrected chi connectivity index (χ3v) is 2.24. The lowest BCUT2D eigenvalue weighted by Gasteiger charge is -2.33. The van der Waals surface area contributed by atoms with Crippen molar-refractivity contribution < 1.29 is 19.1 Å². The first-order valence-corrected chi connectivity index (χ1v) is 5.51. The average molecular weight is 243 g/mol. The molecule has 0 aromatic rings. The molecule has 0 aromatic heterocycles. The molecule has 17 heavy (non-hydrogen) atoms. The van der Waals surface area contributed by atoms with Gasteiger partial charge in [0.15, 0.2) is 0 Å². The highest BCUT2D eigenvalue weighted by Crippen LogP contribution is 2.15. The Kier molecular flexibility index (Phi) is 6.31. The van der Waals surface area contributed by atoms with Crippen LogP contribution >= 0.6 is 0 Å². The molecule has 0 heterocycles. The van der Waals surface area contributed by atoms with Crippen LogP contribution in [0.5, 0.6) is 0 Å². The van der Waals surface area contributed by atoms with Gasteiger partial charge in [-0.05, 0) is 27.7 Å². The molecular formula is C12H21NO4. The Labute approximate surface area is 102 Å². The summed E-state index contributed by atoms with van der Waals surface area (Å²) in [5, 5.41) is 0. The summed E-state index contributed by atoms with van der Waals surface area (Å²) in [6, 6.07) is 0.148. The van der Waals surface area contributed by atoms with Gasteiger partial charge >= 0.3 is 11.9 Å². The van der Waals surface area contributed by atoms with E-state index in [0.717, 1.165) is 6.08 Å². The van der Waals surface area contributed by atoms with Gasteiger partial charge in [0.05, 0.1) is 20.3 Å². The van der Waals surface area contributed by atoms with Gasteiger partial charge in [0, 0.05) is 12.1 Å². The lowest BCUT2D eigenvalue weighted by molar-refractivity contribution is -0.140. The van der Waals surface area contributed by atoms with Crippen molar-refractivity contribution in [3.63, 3.8) is 0 Å². The van der Waals surface area contributed by atoms with Crippen molar-refractivity contribution in [2.45, 2.75) is 39.8 Å². The van der Waals surface area contributed by atoms with Gasteiger partial charge in [0.25, 0.3) is 0 Å². The summed E-state index contributed by atoms with van der Waals surface area (Å²) in [5.41, 5.74) is 0.212. The molecular weight excluding hydrogens is 222 g/mol. The van der Waals surface area contributed by atoms with Crippen molar-refractivity contribution >= 4 is 11.9 Å². The van der Waals surface area contributed by atoms with Crippen molar-refractivity contribution in [2.24, 2.45) is 0 Å². The number of esters is 2. The highest BCUT2D eigenvalue weighted by Gasteiger charge is 2.24. The van der Waals surface area contributed by atoms with E-state index in [9.17, 15) is 9.59 Å². The van der Waals surface area contributed by atoms with Crippen LogP contribution in [0.1, 0.15) is 27.7 Å². The maximum atomic E-state index is 11.7. The zero-order chi connectivity index (χ0) is 13.6. The third-order valence-electron chi connectivity index (χ3n) is 2.24. The molecule has 0 rings (SSSR count). The van der Waals surface area contributed by atoms with Crippen LogP contribution < -0.4 is 0 Å². The van der Waals surface area contributed by atoms with Crippen LogP contribution in [-0.2, 0) is 19.1 Å². The zero-order valence-corrected chi connectivity index (χ0v) is 11.3. The fourth-order valence-electron chi connectivity index (χ4n) is 1.67. The number of nitrogens with zero attached hydrogens (tertiary/aromatic N) is 1. The van der Waals surface area contributed by atoms with Crippen molar-refractivity contribution in [1.29, 1.82) is 0 Å². The largest absolute Gasteiger partial charge is 0.466 e. The van der Waals surface area contributed by atoms with Gasteiger partial charge in [-0.3, -0.25) is 0 Å². The van der Waals surface area contributed by atoms with Gasteiger partial charge in [-0.2, -0.15) is 0 Å². The summed E-state index contributed by atoms with van der Waals surface area (Å²) in [6.07, 6.45) is 1.16. The molecule has 0 aliphatic rings. The number of hydrogen-bond donors (Lipinski definition) is 0. The summed E-state index contributed by atoms with van der Waals surface area (Å²) in [7, 11) is 2.55. The van der Waals surface area contributed by atoms with Gasteiger partial charge in [0.2, 0.25) is 0 Å². The monoisotopic (exact) mass is 243 g/mol. The Hall–Kier alpha value is -1.52. The number of carbonyl (C=O) groups excluding carboxylic acids is 2.